The zero-order valence-corrected chi connectivity index (χ0v) is 25.7. The van der Waals surface area contributed by atoms with E-state index in [1.54, 1.807) is 30.4 Å². The van der Waals surface area contributed by atoms with Gasteiger partial charge in [-0.15, -0.1) is 0 Å². The second-order valence-electron chi connectivity index (χ2n) is 11.2. The van der Waals surface area contributed by atoms with Crippen molar-refractivity contribution in [3.63, 3.8) is 0 Å². The van der Waals surface area contributed by atoms with Crippen molar-refractivity contribution in [3.8, 4) is 5.75 Å². The van der Waals surface area contributed by atoms with E-state index < -0.39 is 0 Å². The number of rotatable bonds is 9. The standard InChI is InChI=1S/C32H39FN8O4/c1-4-32(42)37-25-18-26(29(43-3)19-28(25)40-8-6-38(2)7-9-40)36-30-20-31(35-21-34-30)41-27(5-12-45-41)22-15-23(33)17-24(16-22)39-10-13-44-14-11-39/h4,15-21,27H,1,5-14H2,2-3H3,(H,37,42)(H,34,35,36)/t27-/m1/s1. The molecule has 0 bridgehead atoms. The van der Waals surface area contributed by atoms with Crippen LogP contribution in [0.3, 0.4) is 0 Å². The average Bonchev–Trinajstić information content (AvgIpc) is 3.56. The predicted molar refractivity (Wildman–Crippen MR) is 172 cm³/mol. The molecule has 1 aromatic heterocycles. The molecule has 45 heavy (non-hydrogen) atoms. The molecule has 3 fully saturated rings. The highest BCUT2D eigenvalue weighted by atomic mass is 19.1. The van der Waals surface area contributed by atoms with Crippen molar-refractivity contribution in [3.05, 3.63) is 66.8 Å². The molecule has 1 amide bonds. The van der Waals surface area contributed by atoms with Crippen LogP contribution < -0.4 is 30.2 Å². The lowest BCUT2D eigenvalue weighted by Crippen LogP contribution is -2.44. The van der Waals surface area contributed by atoms with Gasteiger partial charge in [-0.1, -0.05) is 6.58 Å². The van der Waals surface area contributed by atoms with Crippen molar-refractivity contribution in [1.82, 2.24) is 14.9 Å². The first-order valence-corrected chi connectivity index (χ1v) is 15.1. The molecular formula is C32H39FN8O4. The van der Waals surface area contributed by atoms with Gasteiger partial charge in [0.1, 0.15) is 23.7 Å². The number of hydrogen-bond acceptors (Lipinski definition) is 11. The van der Waals surface area contributed by atoms with E-state index in [-0.39, 0.29) is 17.8 Å². The molecule has 0 radical (unpaired) electrons. The van der Waals surface area contributed by atoms with Crippen LogP contribution in [0.25, 0.3) is 0 Å². The van der Waals surface area contributed by atoms with E-state index in [1.807, 2.05) is 18.2 Å². The number of ether oxygens (including phenoxy) is 2. The highest BCUT2D eigenvalue weighted by molar-refractivity contribution is 6.02. The Hall–Kier alpha value is -4.46. The Bertz CT molecular complexity index is 1530. The number of halogens is 1. The summed E-state index contributed by atoms with van der Waals surface area (Å²) >= 11 is 0. The summed E-state index contributed by atoms with van der Waals surface area (Å²) < 4.78 is 26.1. The van der Waals surface area contributed by atoms with E-state index in [2.05, 4.69) is 48.9 Å². The SMILES string of the molecule is C=CC(=O)Nc1cc(Nc2cc(N3OCC[C@@H]3c3cc(F)cc(N4CCOCC4)c3)ncn2)c(OC)cc1N1CCN(C)CC1. The van der Waals surface area contributed by atoms with Crippen LogP contribution in [0.2, 0.25) is 0 Å². The number of likely N-dealkylation sites (N-methyl/N-ethyl adjacent to an activating group) is 1. The van der Waals surface area contributed by atoms with Crippen molar-refractivity contribution in [1.29, 1.82) is 0 Å². The number of nitrogens with zero attached hydrogens (tertiary/aromatic N) is 6. The molecular weight excluding hydrogens is 579 g/mol. The minimum Gasteiger partial charge on any atom is -0.494 e. The van der Waals surface area contributed by atoms with Crippen LogP contribution in [-0.2, 0) is 14.4 Å². The van der Waals surface area contributed by atoms with Gasteiger partial charge in [0.05, 0.1) is 50.0 Å². The number of hydroxylamine groups is 1. The van der Waals surface area contributed by atoms with Gasteiger partial charge >= 0.3 is 0 Å². The van der Waals surface area contributed by atoms with Crippen LogP contribution in [0.15, 0.2) is 55.4 Å². The Morgan fingerprint density at radius 1 is 1.00 bits per heavy atom. The number of piperazine rings is 1. The first kappa shape index (κ1) is 30.6. The molecule has 4 heterocycles. The lowest BCUT2D eigenvalue weighted by atomic mass is 10.0. The van der Waals surface area contributed by atoms with Gasteiger partial charge < -0.3 is 34.8 Å². The maximum atomic E-state index is 14.8. The Balaban J connectivity index is 1.27. The molecule has 238 valence electrons. The van der Waals surface area contributed by atoms with Gasteiger partial charge in [-0.25, -0.2) is 19.4 Å². The summed E-state index contributed by atoms with van der Waals surface area (Å²) in [4.78, 5) is 34.0. The number of nitrogens with one attached hydrogen (secondary N) is 2. The summed E-state index contributed by atoms with van der Waals surface area (Å²) in [6.07, 6.45) is 3.37. The fourth-order valence-electron chi connectivity index (χ4n) is 5.89. The molecule has 3 aromatic rings. The molecule has 0 spiro atoms. The maximum Gasteiger partial charge on any atom is 0.247 e. The molecule has 3 saturated heterocycles. The van der Waals surface area contributed by atoms with Crippen LogP contribution in [-0.4, -0.2) is 94.0 Å². The first-order valence-electron chi connectivity index (χ1n) is 15.1. The summed E-state index contributed by atoms with van der Waals surface area (Å²) in [5, 5.41) is 8.00. The number of morpholine rings is 1. The van der Waals surface area contributed by atoms with Crippen molar-refractivity contribution in [2.24, 2.45) is 0 Å². The molecule has 0 saturated carbocycles. The number of carbonyl (C=O) groups excluding carboxylic acids is 1. The number of carbonyl (C=O) groups is 1. The van der Waals surface area contributed by atoms with Gasteiger partial charge in [0.15, 0.2) is 5.82 Å². The summed E-state index contributed by atoms with van der Waals surface area (Å²) in [7, 11) is 3.70. The van der Waals surface area contributed by atoms with Crippen LogP contribution in [0.5, 0.6) is 5.75 Å². The van der Waals surface area contributed by atoms with Crippen molar-refractivity contribution in [2.75, 3.05) is 98.7 Å². The molecule has 3 aliphatic heterocycles. The number of benzene rings is 2. The second kappa shape index (κ2) is 13.7. The summed E-state index contributed by atoms with van der Waals surface area (Å²) in [6.45, 7) is 10.2. The van der Waals surface area contributed by atoms with Crippen molar-refractivity contribution >= 4 is 40.3 Å². The van der Waals surface area contributed by atoms with E-state index in [1.165, 1.54) is 12.4 Å². The Morgan fingerprint density at radius 3 is 2.56 bits per heavy atom. The largest absolute Gasteiger partial charge is 0.494 e. The van der Waals surface area contributed by atoms with E-state index in [4.69, 9.17) is 14.3 Å². The minimum absolute atomic E-state index is 0.235. The monoisotopic (exact) mass is 618 g/mol. The quantitative estimate of drug-likeness (QED) is 0.341. The molecule has 2 aromatic carbocycles. The summed E-state index contributed by atoms with van der Waals surface area (Å²) in [6, 6.07) is 10.4. The molecule has 0 aliphatic carbocycles. The van der Waals surface area contributed by atoms with E-state index in [9.17, 15) is 9.18 Å². The van der Waals surface area contributed by atoms with Crippen LogP contribution in [0.4, 0.5) is 38.8 Å². The number of methoxy groups -OCH3 is 1. The van der Waals surface area contributed by atoms with Crippen LogP contribution in [0, 0.1) is 5.82 Å². The van der Waals surface area contributed by atoms with Crippen molar-refractivity contribution < 1.29 is 23.5 Å². The highest BCUT2D eigenvalue weighted by Crippen LogP contribution is 2.40. The fraction of sp³-hybridized carbons (Fsp3) is 0.406. The van der Waals surface area contributed by atoms with Gasteiger partial charge in [0, 0.05) is 63.5 Å². The van der Waals surface area contributed by atoms with E-state index in [0.29, 0.717) is 68.1 Å². The Morgan fingerprint density at radius 2 is 1.80 bits per heavy atom. The molecule has 0 unspecified atom stereocenters. The zero-order valence-electron chi connectivity index (χ0n) is 25.7. The normalized spacial score (nSPS) is 19.0. The Kier molecular flexibility index (Phi) is 9.29. The van der Waals surface area contributed by atoms with Crippen LogP contribution >= 0.6 is 0 Å². The predicted octanol–water partition coefficient (Wildman–Crippen LogP) is 3.96. The third-order valence-electron chi connectivity index (χ3n) is 8.32. The molecule has 2 N–H and O–H groups in total. The van der Waals surface area contributed by atoms with Gasteiger partial charge in [-0.2, -0.15) is 0 Å². The van der Waals surface area contributed by atoms with Crippen LogP contribution in [0.1, 0.15) is 18.0 Å². The maximum absolute atomic E-state index is 14.8. The lowest BCUT2D eigenvalue weighted by molar-refractivity contribution is -0.111. The molecule has 3 aliphatic rings. The number of aromatic nitrogens is 2. The smallest absolute Gasteiger partial charge is 0.247 e. The Labute approximate surface area is 262 Å². The third-order valence-corrected chi connectivity index (χ3v) is 8.32. The number of amides is 1. The zero-order chi connectivity index (χ0) is 31.3. The molecule has 12 nitrogen and oxygen atoms in total. The number of hydrogen-bond donors (Lipinski definition) is 2. The molecule has 13 heteroatoms. The fourth-order valence-corrected chi connectivity index (χ4v) is 5.89. The van der Waals surface area contributed by atoms with Gasteiger partial charge in [-0.3, -0.25) is 9.63 Å². The van der Waals surface area contributed by atoms with E-state index >= 15 is 0 Å². The first-order chi connectivity index (χ1) is 21.9. The van der Waals surface area contributed by atoms with Gasteiger partial charge in [-0.05, 0) is 43.0 Å². The third kappa shape index (κ3) is 6.95. The van der Waals surface area contributed by atoms with E-state index in [0.717, 1.165) is 43.1 Å². The topological polar surface area (TPSA) is 108 Å². The molecule has 6 rings (SSSR count). The molecule has 1 atom stereocenters. The lowest BCUT2D eigenvalue weighted by Gasteiger charge is -2.35. The minimum atomic E-state index is -0.308. The highest BCUT2D eigenvalue weighted by Gasteiger charge is 2.31. The number of anilines is 6. The second-order valence-corrected chi connectivity index (χ2v) is 11.2. The van der Waals surface area contributed by atoms with Gasteiger partial charge in [0.25, 0.3) is 0 Å². The summed E-state index contributed by atoms with van der Waals surface area (Å²) in [5.41, 5.74) is 3.75. The summed E-state index contributed by atoms with van der Waals surface area (Å²) in [5.74, 6) is 1.01. The van der Waals surface area contributed by atoms with Crippen molar-refractivity contribution in [2.45, 2.75) is 12.5 Å². The van der Waals surface area contributed by atoms with Gasteiger partial charge in [0.2, 0.25) is 5.91 Å². The average molecular weight is 619 g/mol.